The van der Waals surface area contributed by atoms with Crippen molar-refractivity contribution in [2.24, 2.45) is 0 Å². The van der Waals surface area contributed by atoms with Gasteiger partial charge in [-0.15, -0.1) is 0 Å². The Labute approximate surface area is 316 Å². The number of hydrogen-bond acceptors (Lipinski definition) is 12. The monoisotopic (exact) mass is 751 g/mol. The maximum absolute atomic E-state index is 12.8. The van der Waals surface area contributed by atoms with Crippen molar-refractivity contribution in [3.63, 3.8) is 0 Å². The lowest BCUT2D eigenvalue weighted by molar-refractivity contribution is -0.122. The third kappa shape index (κ3) is 8.34. The summed E-state index contributed by atoms with van der Waals surface area (Å²) >= 11 is 0. The van der Waals surface area contributed by atoms with Gasteiger partial charge in [0.2, 0.25) is 11.9 Å². The third-order valence-corrected chi connectivity index (χ3v) is 10.3. The maximum atomic E-state index is 12.8. The van der Waals surface area contributed by atoms with Gasteiger partial charge < -0.3 is 56.3 Å². The van der Waals surface area contributed by atoms with Gasteiger partial charge in [-0.05, 0) is 65.9 Å². The van der Waals surface area contributed by atoms with Crippen molar-refractivity contribution < 1.29 is 35.1 Å². The highest BCUT2D eigenvalue weighted by Crippen LogP contribution is 2.36. The summed E-state index contributed by atoms with van der Waals surface area (Å²) in [5.41, 5.74) is 3.43. The van der Waals surface area contributed by atoms with Crippen LogP contribution < -0.4 is 26.2 Å². The zero-order valence-corrected chi connectivity index (χ0v) is 30.2. The van der Waals surface area contributed by atoms with Crippen LogP contribution in [-0.2, 0) is 11.3 Å². The molecule has 1 saturated heterocycles. The molecule has 288 valence electrons. The number of aromatic nitrogens is 4. The molecule has 55 heavy (non-hydrogen) atoms. The van der Waals surface area contributed by atoms with Crippen molar-refractivity contribution in [2.45, 2.75) is 69.0 Å². The van der Waals surface area contributed by atoms with E-state index < -0.39 is 24.3 Å². The fourth-order valence-electron chi connectivity index (χ4n) is 7.33. The molecule has 3 aromatic carbocycles. The molecule has 16 heteroatoms. The summed E-state index contributed by atoms with van der Waals surface area (Å²) in [6.45, 7) is 3.26. The molecule has 0 bridgehead atoms. The Bertz CT molecular complexity index is 2080. The maximum Gasteiger partial charge on any atom is 0.315 e. The number of benzene rings is 3. The van der Waals surface area contributed by atoms with Crippen molar-refractivity contribution in [3.05, 3.63) is 95.8 Å². The number of nitrogens with zero attached hydrogens (tertiary/aromatic N) is 5. The van der Waals surface area contributed by atoms with E-state index in [4.69, 9.17) is 9.97 Å². The molecule has 5 aromatic rings. The number of phenolic OH excluding ortho intramolecular Hbond substituents is 3. The van der Waals surface area contributed by atoms with Crippen molar-refractivity contribution in [1.82, 2.24) is 35.5 Å². The Balaban J connectivity index is 1.17. The SMILES string of the molecule is CCC(=O)N[C@H]1C[C@@H](n2cnc3c(NCC(c4ccc(O)cc4)c4ccc(O)cc4)nc(N4CC[C@H](NC(=O)NCc5cccc(O)c5)C4)nc32)[C@H](O)[C@@H]1O. The van der Waals surface area contributed by atoms with Gasteiger partial charge in [-0.2, -0.15) is 9.97 Å². The number of aromatic hydroxyl groups is 3. The number of fused-ring (bicyclic) bond motifs is 1. The lowest BCUT2D eigenvalue weighted by Crippen LogP contribution is -2.43. The van der Waals surface area contributed by atoms with Gasteiger partial charge >= 0.3 is 6.03 Å². The number of carbonyl (C=O) groups is 2. The molecule has 3 amide bonds. The lowest BCUT2D eigenvalue weighted by Gasteiger charge is -2.22. The number of anilines is 2. The van der Waals surface area contributed by atoms with Crippen LogP contribution in [0.15, 0.2) is 79.1 Å². The molecule has 1 saturated carbocycles. The van der Waals surface area contributed by atoms with Gasteiger partial charge in [-0.3, -0.25) is 4.79 Å². The van der Waals surface area contributed by atoms with Crippen LogP contribution in [0.2, 0.25) is 0 Å². The molecular weight excluding hydrogens is 706 g/mol. The van der Waals surface area contributed by atoms with E-state index in [0.717, 1.165) is 16.7 Å². The molecule has 2 aromatic heterocycles. The standard InChI is InChI=1S/C39H45N9O7/c1-2-32(52)44-30-17-31(35(54)34(30)53)48-21-42-33-36(40-19-29(23-6-10-26(49)11-7-23)24-8-12-27(50)13-9-24)45-38(46-37(33)48)47-15-14-25(20-47)43-39(55)41-18-22-4-3-5-28(51)16-22/h3-13,16,21,25,29-31,34-35,49-51,53-54H,2,14-15,17-20H2,1H3,(H,44,52)(H,40,45,46)(H2,41,43,55)/t25-,30-,31+,34+,35-/m0/s1. The zero-order chi connectivity index (χ0) is 38.6. The van der Waals surface area contributed by atoms with Crippen molar-refractivity contribution in [1.29, 1.82) is 0 Å². The highest BCUT2D eigenvalue weighted by Gasteiger charge is 2.44. The molecule has 0 unspecified atom stereocenters. The molecule has 16 nitrogen and oxygen atoms in total. The molecule has 1 aliphatic heterocycles. The second-order valence-electron chi connectivity index (χ2n) is 14.1. The van der Waals surface area contributed by atoms with Gasteiger partial charge in [0.15, 0.2) is 17.0 Å². The Hall–Kier alpha value is -6.13. The molecule has 2 aliphatic rings. The Morgan fingerprint density at radius 1 is 0.891 bits per heavy atom. The highest BCUT2D eigenvalue weighted by molar-refractivity contribution is 5.85. The Morgan fingerprint density at radius 3 is 2.27 bits per heavy atom. The Kier molecular flexibility index (Phi) is 10.9. The van der Waals surface area contributed by atoms with E-state index in [0.29, 0.717) is 49.0 Å². The minimum absolute atomic E-state index is 0.122. The van der Waals surface area contributed by atoms with Crippen molar-refractivity contribution in [3.8, 4) is 17.2 Å². The Morgan fingerprint density at radius 2 is 1.60 bits per heavy atom. The van der Waals surface area contributed by atoms with E-state index in [9.17, 15) is 35.1 Å². The number of amides is 3. The summed E-state index contributed by atoms with van der Waals surface area (Å²) in [6.07, 6.45) is 0.266. The minimum Gasteiger partial charge on any atom is -0.508 e. The predicted molar refractivity (Wildman–Crippen MR) is 204 cm³/mol. The number of carbonyl (C=O) groups excluding carboxylic acids is 2. The van der Waals surface area contributed by atoms with E-state index in [-0.39, 0.29) is 60.5 Å². The van der Waals surface area contributed by atoms with E-state index in [1.807, 2.05) is 35.2 Å². The van der Waals surface area contributed by atoms with Crippen LogP contribution in [0, 0.1) is 0 Å². The lowest BCUT2D eigenvalue weighted by atomic mass is 9.91. The van der Waals surface area contributed by atoms with Gasteiger partial charge in [-0.1, -0.05) is 43.3 Å². The normalized spacial score (nSPS) is 20.9. The summed E-state index contributed by atoms with van der Waals surface area (Å²) in [5, 5.41) is 64.0. The van der Waals surface area contributed by atoms with Crippen LogP contribution in [-0.4, -0.2) is 101 Å². The van der Waals surface area contributed by atoms with Gasteiger partial charge in [0.1, 0.15) is 29.5 Å². The minimum atomic E-state index is -1.21. The van der Waals surface area contributed by atoms with Gasteiger partial charge in [0, 0.05) is 44.6 Å². The topological polar surface area (TPSA) is 230 Å². The number of urea groups is 1. The van der Waals surface area contributed by atoms with Gasteiger partial charge in [0.25, 0.3) is 0 Å². The largest absolute Gasteiger partial charge is 0.508 e. The third-order valence-electron chi connectivity index (χ3n) is 10.3. The van der Waals surface area contributed by atoms with Crippen LogP contribution in [0.1, 0.15) is 54.8 Å². The number of imidazole rings is 1. The first-order chi connectivity index (χ1) is 26.6. The molecule has 5 atom stereocenters. The summed E-state index contributed by atoms with van der Waals surface area (Å²) in [6, 6.07) is 18.6. The summed E-state index contributed by atoms with van der Waals surface area (Å²) < 4.78 is 1.72. The van der Waals surface area contributed by atoms with Crippen molar-refractivity contribution >= 4 is 34.9 Å². The fraction of sp³-hybridized carbons (Fsp3) is 0.359. The summed E-state index contributed by atoms with van der Waals surface area (Å²) in [7, 11) is 0. The second-order valence-corrected chi connectivity index (χ2v) is 14.1. The average molecular weight is 752 g/mol. The summed E-state index contributed by atoms with van der Waals surface area (Å²) in [5.74, 6) is 0.724. The quantitative estimate of drug-likeness (QED) is 0.0897. The number of aliphatic hydroxyl groups excluding tert-OH is 2. The second kappa shape index (κ2) is 16.1. The van der Waals surface area contributed by atoms with E-state index in [2.05, 4.69) is 26.3 Å². The number of nitrogens with one attached hydrogen (secondary N) is 4. The fourth-order valence-corrected chi connectivity index (χ4v) is 7.33. The number of phenols is 3. The molecule has 2 fully saturated rings. The van der Waals surface area contributed by atoms with E-state index in [1.165, 1.54) is 0 Å². The van der Waals surface area contributed by atoms with Crippen LogP contribution in [0.5, 0.6) is 17.2 Å². The smallest absolute Gasteiger partial charge is 0.315 e. The average Bonchev–Trinajstić information content (AvgIpc) is 3.90. The molecule has 0 radical (unpaired) electrons. The predicted octanol–water partition coefficient (Wildman–Crippen LogP) is 2.83. The van der Waals surface area contributed by atoms with Gasteiger partial charge in [0.05, 0.1) is 18.4 Å². The summed E-state index contributed by atoms with van der Waals surface area (Å²) in [4.78, 5) is 41.5. The van der Waals surface area contributed by atoms with E-state index >= 15 is 0 Å². The molecule has 0 spiro atoms. The molecule has 3 heterocycles. The molecule has 1 aliphatic carbocycles. The molecular formula is C39H45N9O7. The number of hydrogen-bond donors (Lipinski definition) is 9. The van der Waals surface area contributed by atoms with Crippen LogP contribution >= 0.6 is 0 Å². The van der Waals surface area contributed by atoms with Crippen LogP contribution in [0.3, 0.4) is 0 Å². The first-order valence-electron chi connectivity index (χ1n) is 18.3. The van der Waals surface area contributed by atoms with Gasteiger partial charge in [-0.25, -0.2) is 9.78 Å². The van der Waals surface area contributed by atoms with E-state index in [1.54, 1.807) is 60.3 Å². The molecule has 9 N–H and O–H groups in total. The molecule has 7 rings (SSSR count). The first-order valence-corrected chi connectivity index (χ1v) is 18.3. The zero-order valence-electron chi connectivity index (χ0n) is 30.2. The number of aliphatic hydroxyl groups is 2. The number of rotatable bonds is 12. The van der Waals surface area contributed by atoms with Crippen LogP contribution in [0.4, 0.5) is 16.6 Å². The van der Waals surface area contributed by atoms with Crippen molar-refractivity contribution in [2.75, 3.05) is 29.9 Å². The first kappa shape index (κ1) is 37.2. The highest BCUT2D eigenvalue weighted by atomic mass is 16.3. The van der Waals surface area contributed by atoms with Crippen LogP contribution in [0.25, 0.3) is 11.2 Å².